The zero-order valence-electron chi connectivity index (χ0n) is 12.0. The molecule has 1 heterocycles. The van der Waals surface area contributed by atoms with E-state index >= 15 is 0 Å². The molecule has 0 aliphatic carbocycles. The largest absolute Gasteiger partial charge is 0.480 e. The zero-order valence-corrected chi connectivity index (χ0v) is 12.8. The molecule has 0 aromatic carbocycles. The van der Waals surface area contributed by atoms with Gasteiger partial charge in [-0.25, -0.2) is 9.59 Å². The van der Waals surface area contributed by atoms with Crippen molar-refractivity contribution in [1.82, 2.24) is 10.2 Å². The summed E-state index contributed by atoms with van der Waals surface area (Å²) in [4.78, 5) is 26.0. The fourth-order valence-corrected chi connectivity index (χ4v) is 2.54. The highest BCUT2D eigenvalue weighted by Gasteiger charge is 2.22. The Hall–Kier alpha value is -1.56. The summed E-state index contributed by atoms with van der Waals surface area (Å²) in [5, 5.41) is 13.7. The number of hydrogen-bond acceptors (Lipinski definition) is 3. The Bertz CT molecular complexity index is 420. The Kier molecular flexibility index (Phi) is 7.08. The molecule has 6 heteroatoms. The molecule has 2 amide bonds. The molecule has 0 spiro atoms. The number of amides is 2. The number of carboxylic acid groups (broad SMARTS) is 1. The molecule has 1 aromatic rings. The smallest absolute Gasteiger partial charge is 0.326 e. The molecule has 1 rings (SSSR count). The highest BCUT2D eigenvalue weighted by molar-refractivity contribution is 7.09. The van der Waals surface area contributed by atoms with Crippen LogP contribution >= 0.6 is 11.3 Å². The van der Waals surface area contributed by atoms with E-state index in [1.54, 1.807) is 16.2 Å². The van der Waals surface area contributed by atoms with Gasteiger partial charge in [-0.05, 0) is 24.8 Å². The van der Waals surface area contributed by atoms with Gasteiger partial charge in [0.15, 0.2) is 0 Å². The van der Waals surface area contributed by atoms with Crippen molar-refractivity contribution in [3.05, 3.63) is 22.4 Å². The Morgan fingerprint density at radius 2 is 2.20 bits per heavy atom. The SMILES string of the molecule is CCCC[C@H](NC(=O)N(CC)Cc1cccs1)C(=O)O. The molecular formula is C14H22N2O3S. The summed E-state index contributed by atoms with van der Waals surface area (Å²) in [5.74, 6) is -0.973. The van der Waals surface area contributed by atoms with E-state index in [9.17, 15) is 9.59 Å². The maximum absolute atomic E-state index is 12.1. The highest BCUT2D eigenvalue weighted by Crippen LogP contribution is 2.12. The van der Waals surface area contributed by atoms with E-state index in [0.29, 0.717) is 19.5 Å². The predicted octanol–water partition coefficient (Wildman–Crippen LogP) is 2.92. The Morgan fingerprint density at radius 3 is 2.70 bits per heavy atom. The van der Waals surface area contributed by atoms with Gasteiger partial charge in [0.25, 0.3) is 0 Å². The van der Waals surface area contributed by atoms with Crippen LogP contribution in [-0.4, -0.2) is 34.6 Å². The lowest BCUT2D eigenvalue weighted by atomic mass is 10.1. The second-order valence-corrected chi connectivity index (χ2v) is 5.61. The first kappa shape index (κ1) is 16.5. The highest BCUT2D eigenvalue weighted by atomic mass is 32.1. The standard InChI is InChI=1S/C14H22N2O3S/c1-3-5-8-12(13(17)18)15-14(19)16(4-2)10-11-7-6-9-20-11/h6-7,9,12H,3-5,8,10H2,1-2H3,(H,15,19)(H,17,18)/t12-/m0/s1. The van der Waals surface area contributed by atoms with Crippen LogP contribution in [0.5, 0.6) is 0 Å². The van der Waals surface area contributed by atoms with Gasteiger partial charge in [0.2, 0.25) is 0 Å². The number of carbonyl (C=O) groups excluding carboxylic acids is 1. The van der Waals surface area contributed by atoms with Crippen LogP contribution in [0.2, 0.25) is 0 Å². The monoisotopic (exact) mass is 298 g/mol. The van der Waals surface area contributed by atoms with E-state index in [2.05, 4.69) is 5.32 Å². The van der Waals surface area contributed by atoms with Crippen LogP contribution in [0.1, 0.15) is 38.0 Å². The third kappa shape index (κ3) is 5.21. The van der Waals surface area contributed by atoms with Crippen molar-refractivity contribution in [2.75, 3.05) is 6.54 Å². The fourth-order valence-electron chi connectivity index (χ4n) is 1.82. The summed E-state index contributed by atoms with van der Waals surface area (Å²) < 4.78 is 0. The molecule has 0 aliphatic heterocycles. The van der Waals surface area contributed by atoms with E-state index in [1.165, 1.54) is 0 Å². The lowest BCUT2D eigenvalue weighted by molar-refractivity contribution is -0.139. The number of nitrogens with zero attached hydrogens (tertiary/aromatic N) is 1. The summed E-state index contributed by atoms with van der Waals surface area (Å²) in [6, 6.07) is 2.78. The first-order valence-corrected chi connectivity index (χ1v) is 7.77. The van der Waals surface area contributed by atoms with Gasteiger partial charge < -0.3 is 15.3 Å². The minimum Gasteiger partial charge on any atom is -0.480 e. The molecule has 5 nitrogen and oxygen atoms in total. The van der Waals surface area contributed by atoms with E-state index in [-0.39, 0.29) is 6.03 Å². The van der Waals surface area contributed by atoms with Gasteiger partial charge >= 0.3 is 12.0 Å². The van der Waals surface area contributed by atoms with E-state index in [0.717, 1.165) is 17.7 Å². The van der Waals surface area contributed by atoms with Crippen LogP contribution in [0.25, 0.3) is 0 Å². The molecule has 0 saturated carbocycles. The second kappa shape index (κ2) is 8.58. The molecule has 0 bridgehead atoms. The van der Waals surface area contributed by atoms with Gasteiger partial charge in [0, 0.05) is 11.4 Å². The Balaban J connectivity index is 2.58. The maximum atomic E-state index is 12.1. The Morgan fingerprint density at radius 1 is 1.45 bits per heavy atom. The summed E-state index contributed by atoms with van der Waals surface area (Å²) in [6.07, 6.45) is 2.16. The van der Waals surface area contributed by atoms with E-state index in [1.807, 2.05) is 31.4 Å². The summed E-state index contributed by atoms with van der Waals surface area (Å²) in [7, 11) is 0. The van der Waals surface area contributed by atoms with Crippen molar-refractivity contribution in [3.8, 4) is 0 Å². The van der Waals surface area contributed by atoms with Gasteiger partial charge in [-0.3, -0.25) is 0 Å². The van der Waals surface area contributed by atoms with Gasteiger partial charge in [0.05, 0.1) is 6.54 Å². The number of thiophene rings is 1. The minimum absolute atomic E-state index is 0.315. The van der Waals surface area contributed by atoms with Crippen molar-refractivity contribution < 1.29 is 14.7 Å². The predicted molar refractivity (Wildman–Crippen MR) is 79.9 cm³/mol. The van der Waals surface area contributed by atoms with Crippen LogP contribution in [-0.2, 0) is 11.3 Å². The normalized spacial score (nSPS) is 11.9. The van der Waals surface area contributed by atoms with Crippen LogP contribution in [0, 0.1) is 0 Å². The average Bonchev–Trinajstić information content (AvgIpc) is 2.93. The van der Waals surface area contributed by atoms with E-state index in [4.69, 9.17) is 5.11 Å². The molecule has 20 heavy (non-hydrogen) atoms. The molecule has 0 saturated heterocycles. The van der Waals surface area contributed by atoms with Crippen molar-refractivity contribution >= 4 is 23.3 Å². The molecule has 1 atom stereocenters. The van der Waals surface area contributed by atoms with Gasteiger partial charge in [-0.15, -0.1) is 11.3 Å². The number of urea groups is 1. The van der Waals surface area contributed by atoms with Crippen molar-refractivity contribution in [2.45, 2.75) is 45.7 Å². The maximum Gasteiger partial charge on any atom is 0.326 e. The lowest BCUT2D eigenvalue weighted by Gasteiger charge is -2.23. The average molecular weight is 298 g/mol. The number of carbonyl (C=O) groups is 2. The topological polar surface area (TPSA) is 69.6 Å². The third-order valence-electron chi connectivity index (χ3n) is 3.04. The van der Waals surface area contributed by atoms with Crippen LogP contribution in [0.15, 0.2) is 17.5 Å². The number of rotatable bonds is 8. The number of aliphatic carboxylic acids is 1. The quantitative estimate of drug-likeness (QED) is 0.775. The van der Waals surface area contributed by atoms with Crippen molar-refractivity contribution in [1.29, 1.82) is 0 Å². The number of carboxylic acids is 1. The number of unbranched alkanes of at least 4 members (excludes halogenated alkanes) is 1. The fraction of sp³-hybridized carbons (Fsp3) is 0.571. The molecule has 0 aliphatic rings. The lowest BCUT2D eigenvalue weighted by Crippen LogP contribution is -2.47. The van der Waals surface area contributed by atoms with Gasteiger partial charge in [0.1, 0.15) is 6.04 Å². The first-order chi connectivity index (χ1) is 9.58. The van der Waals surface area contributed by atoms with Crippen molar-refractivity contribution in [3.63, 3.8) is 0 Å². The van der Waals surface area contributed by atoms with E-state index < -0.39 is 12.0 Å². The summed E-state index contributed by atoms with van der Waals surface area (Å²) in [6.45, 7) is 4.94. The molecule has 2 N–H and O–H groups in total. The summed E-state index contributed by atoms with van der Waals surface area (Å²) >= 11 is 1.59. The Labute approximate surface area is 123 Å². The number of hydrogen-bond donors (Lipinski definition) is 2. The van der Waals surface area contributed by atoms with Crippen LogP contribution in [0.4, 0.5) is 4.79 Å². The molecule has 1 aromatic heterocycles. The van der Waals surface area contributed by atoms with Gasteiger partial charge in [-0.1, -0.05) is 25.8 Å². The third-order valence-corrected chi connectivity index (χ3v) is 3.90. The second-order valence-electron chi connectivity index (χ2n) is 4.58. The van der Waals surface area contributed by atoms with Crippen LogP contribution < -0.4 is 5.32 Å². The first-order valence-electron chi connectivity index (χ1n) is 6.89. The van der Waals surface area contributed by atoms with Crippen LogP contribution in [0.3, 0.4) is 0 Å². The molecule has 0 unspecified atom stereocenters. The minimum atomic E-state index is -0.973. The van der Waals surface area contributed by atoms with Gasteiger partial charge in [-0.2, -0.15) is 0 Å². The molecular weight excluding hydrogens is 276 g/mol. The van der Waals surface area contributed by atoms with Crippen molar-refractivity contribution in [2.24, 2.45) is 0 Å². The molecule has 112 valence electrons. The number of nitrogens with one attached hydrogen (secondary N) is 1. The summed E-state index contributed by atoms with van der Waals surface area (Å²) in [5.41, 5.74) is 0. The molecule has 0 fully saturated rings. The molecule has 0 radical (unpaired) electrons. The zero-order chi connectivity index (χ0) is 15.0.